The number of ether oxygens (including phenoxy) is 2. The molecule has 0 aromatic rings. The van der Waals surface area contributed by atoms with E-state index in [-0.39, 0.29) is 0 Å². The molecule has 0 aromatic heterocycles. The van der Waals surface area contributed by atoms with Crippen LogP contribution in [0.3, 0.4) is 0 Å². The minimum Gasteiger partial charge on any atom is -0.382 e. The van der Waals surface area contributed by atoms with Crippen LogP contribution in [0.25, 0.3) is 0 Å². The summed E-state index contributed by atoms with van der Waals surface area (Å²) in [5.41, 5.74) is 2.77. The van der Waals surface area contributed by atoms with Crippen molar-refractivity contribution >= 4 is 0 Å². The molecule has 4 heteroatoms. The number of terminal acetylenes is 1. The number of methoxy groups -OCH3 is 1. The first-order valence-electron chi connectivity index (χ1n) is 5.31. The SMILES string of the molecule is C#CCCCC(CCOCCOC)NN. The van der Waals surface area contributed by atoms with E-state index in [2.05, 4.69) is 11.3 Å². The second kappa shape index (κ2) is 11.5. The van der Waals surface area contributed by atoms with Gasteiger partial charge in [-0.15, -0.1) is 12.3 Å². The molecule has 1 unspecified atom stereocenters. The predicted octanol–water partition coefficient (Wildman–Crippen LogP) is 0.675. The number of nitrogens with two attached hydrogens (primary N) is 1. The van der Waals surface area contributed by atoms with E-state index in [0.717, 1.165) is 25.7 Å². The van der Waals surface area contributed by atoms with Gasteiger partial charge in [-0.1, -0.05) is 0 Å². The second-order valence-electron chi connectivity index (χ2n) is 3.35. The quantitative estimate of drug-likeness (QED) is 0.243. The molecule has 0 aliphatic carbocycles. The lowest BCUT2D eigenvalue weighted by Crippen LogP contribution is -2.36. The van der Waals surface area contributed by atoms with Crippen LogP contribution in [0, 0.1) is 12.3 Å². The molecule has 0 aromatic carbocycles. The van der Waals surface area contributed by atoms with Gasteiger partial charge < -0.3 is 9.47 Å². The van der Waals surface area contributed by atoms with Crippen molar-refractivity contribution in [3.8, 4) is 12.3 Å². The van der Waals surface area contributed by atoms with Crippen LogP contribution in [0.4, 0.5) is 0 Å². The van der Waals surface area contributed by atoms with Gasteiger partial charge in [0.25, 0.3) is 0 Å². The Balaban J connectivity index is 3.32. The molecule has 0 spiro atoms. The molecule has 0 aliphatic rings. The summed E-state index contributed by atoms with van der Waals surface area (Å²) in [6.45, 7) is 1.98. The van der Waals surface area contributed by atoms with Gasteiger partial charge in [-0.05, 0) is 19.3 Å². The van der Waals surface area contributed by atoms with E-state index in [4.69, 9.17) is 21.7 Å². The van der Waals surface area contributed by atoms with Gasteiger partial charge in [0.15, 0.2) is 0 Å². The van der Waals surface area contributed by atoms with Gasteiger partial charge in [0.05, 0.1) is 13.2 Å². The largest absolute Gasteiger partial charge is 0.382 e. The van der Waals surface area contributed by atoms with E-state index >= 15 is 0 Å². The van der Waals surface area contributed by atoms with Gasteiger partial charge in [0.2, 0.25) is 0 Å². The molecule has 0 aliphatic heterocycles. The van der Waals surface area contributed by atoms with Crippen LogP contribution in [0.2, 0.25) is 0 Å². The number of nitrogens with one attached hydrogen (secondary N) is 1. The Labute approximate surface area is 92.5 Å². The molecule has 88 valence electrons. The van der Waals surface area contributed by atoms with Gasteiger partial charge in [0, 0.05) is 26.2 Å². The molecule has 0 saturated heterocycles. The van der Waals surface area contributed by atoms with Gasteiger partial charge in [-0.3, -0.25) is 11.3 Å². The van der Waals surface area contributed by atoms with Crippen molar-refractivity contribution < 1.29 is 9.47 Å². The fraction of sp³-hybridized carbons (Fsp3) is 0.818. The van der Waals surface area contributed by atoms with Crippen molar-refractivity contribution in [2.24, 2.45) is 5.84 Å². The summed E-state index contributed by atoms with van der Waals surface area (Å²) in [6.07, 6.45) is 8.88. The molecular formula is C11H22N2O2. The molecule has 0 radical (unpaired) electrons. The van der Waals surface area contributed by atoms with Crippen molar-refractivity contribution in [2.45, 2.75) is 31.7 Å². The fourth-order valence-corrected chi connectivity index (χ4v) is 1.23. The van der Waals surface area contributed by atoms with E-state index in [1.807, 2.05) is 0 Å². The van der Waals surface area contributed by atoms with Gasteiger partial charge in [-0.25, -0.2) is 0 Å². The van der Waals surface area contributed by atoms with Crippen molar-refractivity contribution in [3.05, 3.63) is 0 Å². The second-order valence-corrected chi connectivity index (χ2v) is 3.35. The summed E-state index contributed by atoms with van der Waals surface area (Å²) < 4.78 is 10.2. The van der Waals surface area contributed by atoms with Crippen molar-refractivity contribution in [3.63, 3.8) is 0 Å². The fourth-order valence-electron chi connectivity index (χ4n) is 1.23. The first kappa shape index (κ1) is 14.4. The Morgan fingerprint density at radius 2 is 2.13 bits per heavy atom. The third-order valence-electron chi connectivity index (χ3n) is 2.15. The highest BCUT2D eigenvalue weighted by atomic mass is 16.5. The van der Waals surface area contributed by atoms with Gasteiger partial charge in [0.1, 0.15) is 0 Å². The van der Waals surface area contributed by atoms with E-state index in [1.54, 1.807) is 7.11 Å². The monoisotopic (exact) mass is 214 g/mol. The lowest BCUT2D eigenvalue weighted by molar-refractivity contribution is 0.0654. The first-order chi connectivity index (χ1) is 7.35. The summed E-state index contributed by atoms with van der Waals surface area (Å²) in [6, 6.07) is 0.292. The summed E-state index contributed by atoms with van der Waals surface area (Å²) in [5.74, 6) is 8.03. The van der Waals surface area contributed by atoms with E-state index < -0.39 is 0 Å². The first-order valence-corrected chi connectivity index (χ1v) is 5.31. The smallest absolute Gasteiger partial charge is 0.0700 e. The number of hydrazine groups is 1. The van der Waals surface area contributed by atoms with Crippen LogP contribution >= 0.6 is 0 Å². The maximum Gasteiger partial charge on any atom is 0.0700 e. The average Bonchev–Trinajstić information content (AvgIpc) is 2.26. The summed E-state index contributed by atoms with van der Waals surface area (Å²) in [7, 11) is 1.66. The minimum atomic E-state index is 0.292. The Morgan fingerprint density at radius 1 is 1.33 bits per heavy atom. The normalized spacial score (nSPS) is 12.3. The third-order valence-corrected chi connectivity index (χ3v) is 2.15. The summed E-state index contributed by atoms with van der Waals surface area (Å²) in [4.78, 5) is 0. The molecule has 0 heterocycles. The zero-order chi connectivity index (χ0) is 11.4. The molecule has 1 atom stereocenters. The maximum absolute atomic E-state index is 5.41. The highest BCUT2D eigenvalue weighted by Gasteiger charge is 2.05. The summed E-state index contributed by atoms with van der Waals surface area (Å²) >= 11 is 0. The van der Waals surface area contributed by atoms with Crippen molar-refractivity contribution in [1.29, 1.82) is 0 Å². The topological polar surface area (TPSA) is 56.5 Å². The van der Waals surface area contributed by atoms with Crippen LogP contribution in [0.1, 0.15) is 25.7 Å². The van der Waals surface area contributed by atoms with Crippen LogP contribution in [-0.2, 0) is 9.47 Å². The zero-order valence-corrected chi connectivity index (χ0v) is 9.50. The third kappa shape index (κ3) is 9.70. The van der Waals surface area contributed by atoms with E-state index in [0.29, 0.717) is 25.9 Å². The molecule has 0 bridgehead atoms. The standard InChI is InChI=1S/C11H22N2O2/c1-3-4-5-6-11(13-12)7-8-15-10-9-14-2/h1,11,13H,4-10,12H2,2H3. The number of unbranched alkanes of at least 4 members (excludes halogenated alkanes) is 1. The Hall–Kier alpha value is -0.600. The van der Waals surface area contributed by atoms with Crippen molar-refractivity contribution in [1.82, 2.24) is 5.43 Å². The molecule has 0 amide bonds. The maximum atomic E-state index is 5.41. The molecule has 0 fully saturated rings. The number of hydrogen-bond donors (Lipinski definition) is 2. The van der Waals surface area contributed by atoms with Crippen LogP contribution < -0.4 is 11.3 Å². The lowest BCUT2D eigenvalue weighted by atomic mass is 10.1. The minimum absolute atomic E-state index is 0.292. The molecule has 0 saturated carbocycles. The molecule has 3 N–H and O–H groups in total. The lowest BCUT2D eigenvalue weighted by Gasteiger charge is -2.14. The molecule has 4 nitrogen and oxygen atoms in total. The Morgan fingerprint density at radius 3 is 2.73 bits per heavy atom. The Kier molecular flexibility index (Phi) is 11.0. The molecule has 0 rings (SSSR count). The zero-order valence-electron chi connectivity index (χ0n) is 9.50. The van der Waals surface area contributed by atoms with Crippen molar-refractivity contribution in [2.75, 3.05) is 26.9 Å². The van der Waals surface area contributed by atoms with E-state index in [9.17, 15) is 0 Å². The Bertz CT molecular complexity index is 168. The van der Waals surface area contributed by atoms with Gasteiger partial charge >= 0.3 is 0 Å². The highest BCUT2D eigenvalue weighted by Crippen LogP contribution is 2.03. The highest BCUT2D eigenvalue weighted by molar-refractivity contribution is 4.83. The van der Waals surface area contributed by atoms with Crippen LogP contribution in [0.5, 0.6) is 0 Å². The summed E-state index contributed by atoms with van der Waals surface area (Å²) in [5, 5.41) is 0. The predicted molar refractivity (Wildman–Crippen MR) is 61.1 cm³/mol. The van der Waals surface area contributed by atoms with E-state index in [1.165, 1.54) is 0 Å². The number of hydrogen-bond acceptors (Lipinski definition) is 4. The van der Waals surface area contributed by atoms with Crippen LogP contribution in [0.15, 0.2) is 0 Å². The van der Waals surface area contributed by atoms with Gasteiger partial charge in [-0.2, -0.15) is 0 Å². The molecule has 15 heavy (non-hydrogen) atoms. The number of rotatable bonds is 10. The molecular weight excluding hydrogens is 192 g/mol. The van der Waals surface area contributed by atoms with Crippen LogP contribution in [-0.4, -0.2) is 33.0 Å². The average molecular weight is 214 g/mol.